The second-order valence-electron chi connectivity index (χ2n) is 5.22. The largest absolute Gasteiger partial charge is 0.380 e. The Morgan fingerprint density at radius 1 is 1.00 bits per heavy atom. The van der Waals surface area contributed by atoms with Crippen molar-refractivity contribution in [3.63, 3.8) is 0 Å². The van der Waals surface area contributed by atoms with E-state index >= 15 is 0 Å². The van der Waals surface area contributed by atoms with E-state index in [2.05, 4.69) is 10.0 Å². The molecular weight excluding hydrogens is 317 g/mol. The summed E-state index contributed by atoms with van der Waals surface area (Å²) in [4.78, 5) is 0. The number of hydrogen-bond acceptors (Lipinski definition) is 3. The Kier molecular flexibility index (Phi) is 7.15. The van der Waals surface area contributed by atoms with Crippen molar-refractivity contribution in [3.8, 4) is 0 Å². The van der Waals surface area contributed by atoms with E-state index in [1.165, 1.54) is 0 Å². The van der Waals surface area contributed by atoms with E-state index in [9.17, 15) is 21.6 Å². The van der Waals surface area contributed by atoms with E-state index in [0.717, 1.165) is 0 Å². The summed E-state index contributed by atoms with van der Waals surface area (Å²) in [6.07, 6.45) is 1.93. The maximum absolute atomic E-state index is 13.3. The molecule has 0 atom stereocenters. The zero-order valence-corrected chi connectivity index (χ0v) is 13.4. The van der Waals surface area contributed by atoms with Crippen molar-refractivity contribution in [1.82, 2.24) is 4.72 Å². The van der Waals surface area contributed by atoms with E-state index < -0.39 is 32.7 Å². The molecule has 0 aromatic heterocycles. The SMILES string of the molecule is CC(C)S(=O)(=O)NCCCCCNc1c(F)cc(F)cc1F. The summed E-state index contributed by atoms with van der Waals surface area (Å²) >= 11 is 0. The maximum atomic E-state index is 13.3. The van der Waals surface area contributed by atoms with Crippen LogP contribution in [0.1, 0.15) is 33.1 Å². The average molecular weight is 338 g/mol. The Morgan fingerprint density at radius 2 is 1.55 bits per heavy atom. The van der Waals surface area contributed by atoms with Crippen molar-refractivity contribution in [3.05, 3.63) is 29.6 Å². The predicted octanol–water partition coefficient (Wildman–Crippen LogP) is 3.01. The third-order valence-corrected chi connectivity index (χ3v) is 4.93. The van der Waals surface area contributed by atoms with Crippen LogP contribution >= 0.6 is 0 Å². The predicted molar refractivity (Wildman–Crippen MR) is 80.7 cm³/mol. The van der Waals surface area contributed by atoms with Crippen LogP contribution < -0.4 is 10.0 Å². The van der Waals surface area contributed by atoms with Crippen LogP contribution in [0.25, 0.3) is 0 Å². The molecule has 0 fully saturated rings. The minimum Gasteiger partial charge on any atom is -0.380 e. The normalized spacial score (nSPS) is 11.9. The lowest BCUT2D eigenvalue weighted by molar-refractivity contribution is 0.545. The topological polar surface area (TPSA) is 58.2 Å². The average Bonchev–Trinajstić information content (AvgIpc) is 2.39. The lowest BCUT2D eigenvalue weighted by Gasteiger charge is -2.10. The molecule has 1 aromatic rings. The third-order valence-electron chi connectivity index (χ3n) is 3.09. The minimum atomic E-state index is -3.25. The first-order valence-electron chi connectivity index (χ1n) is 7.11. The first kappa shape index (κ1) is 18.8. The van der Waals surface area contributed by atoms with E-state index in [1.807, 2.05) is 0 Å². The van der Waals surface area contributed by atoms with Gasteiger partial charge in [0.1, 0.15) is 11.5 Å². The summed E-state index contributed by atoms with van der Waals surface area (Å²) < 4.78 is 64.8. The lowest BCUT2D eigenvalue weighted by atomic mass is 10.2. The van der Waals surface area contributed by atoms with E-state index in [4.69, 9.17) is 0 Å². The molecule has 126 valence electrons. The van der Waals surface area contributed by atoms with Gasteiger partial charge in [-0.05, 0) is 26.7 Å². The summed E-state index contributed by atoms with van der Waals surface area (Å²) in [6, 6.07) is 1.23. The molecule has 0 radical (unpaired) electrons. The van der Waals surface area contributed by atoms with Crippen LogP contribution in [0, 0.1) is 17.5 Å². The van der Waals surface area contributed by atoms with Gasteiger partial charge in [-0.1, -0.05) is 6.42 Å². The highest BCUT2D eigenvalue weighted by Gasteiger charge is 2.14. The van der Waals surface area contributed by atoms with Crippen molar-refractivity contribution >= 4 is 15.7 Å². The number of unbranched alkanes of at least 4 members (excludes halogenated alkanes) is 2. The first-order chi connectivity index (χ1) is 10.2. The Bertz CT molecular complexity index is 569. The van der Waals surface area contributed by atoms with Gasteiger partial charge < -0.3 is 5.32 Å². The molecule has 1 aromatic carbocycles. The zero-order valence-electron chi connectivity index (χ0n) is 12.6. The molecular formula is C14H21F3N2O2S. The molecule has 22 heavy (non-hydrogen) atoms. The van der Waals surface area contributed by atoms with Gasteiger partial charge in [-0.25, -0.2) is 26.3 Å². The molecule has 4 nitrogen and oxygen atoms in total. The fourth-order valence-electron chi connectivity index (χ4n) is 1.73. The third kappa shape index (κ3) is 5.84. The molecule has 0 amide bonds. The second-order valence-corrected chi connectivity index (χ2v) is 7.54. The lowest BCUT2D eigenvalue weighted by Crippen LogP contribution is -2.31. The van der Waals surface area contributed by atoms with Gasteiger partial charge >= 0.3 is 0 Å². The highest BCUT2D eigenvalue weighted by molar-refractivity contribution is 7.90. The van der Waals surface area contributed by atoms with Gasteiger partial charge in [-0.3, -0.25) is 0 Å². The molecule has 0 bridgehead atoms. The van der Waals surface area contributed by atoms with E-state index in [-0.39, 0.29) is 5.69 Å². The molecule has 2 N–H and O–H groups in total. The van der Waals surface area contributed by atoms with Gasteiger partial charge in [-0.15, -0.1) is 0 Å². The monoisotopic (exact) mass is 338 g/mol. The van der Waals surface area contributed by atoms with Crippen molar-refractivity contribution in [2.24, 2.45) is 0 Å². The molecule has 8 heteroatoms. The number of nitrogens with one attached hydrogen (secondary N) is 2. The number of rotatable bonds is 9. The van der Waals surface area contributed by atoms with E-state index in [1.54, 1.807) is 13.8 Å². The first-order valence-corrected chi connectivity index (χ1v) is 8.65. The molecule has 0 aliphatic heterocycles. The fraction of sp³-hybridized carbons (Fsp3) is 0.571. The van der Waals surface area contributed by atoms with Crippen LogP contribution in [-0.4, -0.2) is 26.8 Å². The fourth-order valence-corrected chi connectivity index (χ4v) is 2.49. The summed E-state index contributed by atoms with van der Waals surface area (Å²) in [7, 11) is -3.25. The van der Waals surface area contributed by atoms with Crippen LogP contribution in [0.2, 0.25) is 0 Å². The smallest absolute Gasteiger partial charge is 0.213 e. The van der Waals surface area contributed by atoms with Gasteiger partial charge in [0.15, 0.2) is 11.6 Å². The van der Waals surface area contributed by atoms with Crippen molar-refractivity contribution in [2.75, 3.05) is 18.4 Å². The standard InChI is InChI=1S/C14H21F3N2O2S/c1-10(2)22(20,21)19-7-5-3-4-6-18-14-12(16)8-11(15)9-13(14)17/h8-10,18-19H,3-7H2,1-2H3. The molecule has 0 saturated heterocycles. The van der Waals surface area contributed by atoms with Gasteiger partial charge in [0.2, 0.25) is 10.0 Å². The van der Waals surface area contributed by atoms with Crippen molar-refractivity contribution in [2.45, 2.75) is 38.4 Å². The summed E-state index contributed by atoms with van der Waals surface area (Å²) in [6.45, 7) is 3.84. The Labute approximate surface area is 129 Å². The summed E-state index contributed by atoms with van der Waals surface area (Å²) in [5.74, 6) is -2.90. The van der Waals surface area contributed by atoms with Gasteiger partial charge in [0, 0.05) is 25.2 Å². The molecule has 0 saturated carbocycles. The molecule has 0 heterocycles. The Morgan fingerprint density at radius 3 is 2.09 bits per heavy atom. The van der Waals surface area contributed by atoms with Gasteiger partial charge in [-0.2, -0.15) is 0 Å². The van der Waals surface area contributed by atoms with Crippen LogP contribution in [0.3, 0.4) is 0 Å². The molecule has 1 rings (SSSR count). The van der Waals surface area contributed by atoms with Crippen LogP contribution in [0.4, 0.5) is 18.9 Å². The number of benzene rings is 1. The second kappa shape index (κ2) is 8.38. The summed E-state index contributed by atoms with van der Waals surface area (Å²) in [5, 5.41) is 2.10. The molecule has 0 spiro atoms. The Hall–Kier alpha value is -1.28. The molecule has 0 unspecified atom stereocenters. The van der Waals surface area contributed by atoms with Crippen LogP contribution in [-0.2, 0) is 10.0 Å². The maximum Gasteiger partial charge on any atom is 0.213 e. The highest BCUT2D eigenvalue weighted by atomic mass is 32.2. The quantitative estimate of drug-likeness (QED) is 0.681. The molecule has 0 aliphatic rings. The highest BCUT2D eigenvalue weighted by Crippen LogP contribution is 2.20. The Balaban J connectivity index is 2.25. The summed E-state index contributed by atoms with van der Waals surface area (Å²) in [5.41, 5.74) is -0.345. The van der Waals surface area contributed by atoms with Crippen molar-refractivity contribution < 1.29 is 21.6 Å². The number of halogens is 3. The number of anilines is 1. The number of sulfonamides is 1. The van der Waals surface area contributed by atoms with Crippen LogP contribution in [0.5, 0.6) is 0 Å². The van der Waals surface area contributed by atoms with Gasteiger partial charge in [0.05, 0.1) is 5.25 Å². The zero-order chi connectivity index (χ0) is 16.8. The molecule has 0 aliphatic carbocycles. The van der Waals surface area contributed by atoms with E-state index in [0.29, 0.717) is 44.5 Å². The van der Waals surface area contributed by atoms with Gasteiger partial charge in [0.25, 0.3) is 0 Å². The van der Waals surface area contributed by atoms with Crippen molar-refractivity contribution in [1.29, 1.82) is 0 Å². The minimum absolute atomic E-state index is 0.316. The van der Waals surface area contributed by atoms with Crippen LogP contribution in [0.15, 0.2) is 12.1 Å². The number of hydrogen-bond donors (Lipinski definition) is 2.